The third kappa shape index (κ3) is 3.71. The lowest BCUT2D eigenvalue weighted by Gasteiger charge is -2.30. The van der Waals surface area contributed by atoms with Crippen molar-refractivity contribution in [2.24, 2.45) is 0 Å². The summed E-state index contributed by atoms with van der Waals surface area (Å²) in [6.45, 7) is 5.33. The van der Waals surface area contributed by atoms with Gasteiger partial charge < -0.3 is 10.2 Å². The van der Waals surface area contributed by atoms with Crippen molar-refractivity contribution in [3.8, 4) is 0 Å². The van der Waals surface area contributed by atoms with Crippen LogP contribution in [0.3, 0.4) is 0 Å². The SMILES string of the molecule is Cc1nc(C(=O)Nc2cccc(Cl)c2C)cc(N2CCc3ccccc3C2)n1. The first-order chi connectivity index (χ1) is 13.5. The number of amides is 1. The monoisotopic (exact) mass is 392 g/mol. The minimum absolute atomic E-state index is 0.269. The molecule has 4 rings (SSSR count). The summed E-state index contributed by atoms with van der Waals surface area (Å²) in [5.41, 5.74) is 4.53. The maximum Gasteiger partial charge on any atom is 0.274 e. The van der Waals surface area contributed by atoms with Crippen LogP contribution >= 0.6 is 11.6 Å². The predicted octanol–water partition coefficient (Wildman–Crippen LogP) is 4.56. The van der Waals surface area contributed by atoms with Gasteiger partial charge in [0.1, 0.15) is 17.3 Å². The quantitative estimate of drug-likeness (QED) is 0.709. The summed E-state index contributed by atoms with van der Waals surface area (Å²) in [6.07, 6.45) is 0.961. The van der Waals surface area contributed by atoms with E-state index in [-0.39, 0.29) is 5.91 Å². The van der Waals surface area contributed by atoms with Gasteiger partial charge in [-0.15, -0.1) is 0 Å². The lowest BCUT2D eigenvalue weighted by Crippen LogP contribution is -2.31. The van der Waals surface area contributed by atoms with Crippen LogP contribution in [-0.4, -0.2) is 22.4 Å². The molecule has 3 aromatic rings. The van der Waals surface area contributed by atoms with E-state index < -0.39 is 0 Å². The van der Waals surface area contributed by atoms with Crippen LogP contribution in [0.15, 0.2) is 48.5 Å². The van der Waals surface area contributed by atoms with Gasteiger partial charge in [-0.3, -0.25) is 4.79 Å². The van der Waals surface area contributed by atoms with Crippen LogP contribution in [0.2, 0.25) is 5.02 Å². The zero-order valence-electron chi connectivity index (χ0n) is 15.9. The molecule has 1 aromatic heterocycles. The van der Waals surface area contributed by atoms with Crippen molar-refractivity contribution in [1.29, 1.82) is 0 Å². The lowest BCUT2D eigenvalue weighted by molar-refractivity contribution is 0.102. The molecular formula is C22H21ClN4O. The third-order valence-electron chi connectivity index (χ3n) is 5.03. The maximum absolute atomic E-state index is 12.8. The number of aromatic nitrogens is 2. The Hall–Kier alpha value is -2.92. The van der Waals surface area contributed by atoms with Crippen molar-refractivity contribution in [3.63, 3.8) is 0 Å². The summed E-state index contributed by atoms with van der Waals surface area (Å²) in [7, 11) is 0. The average Bonchev–Trinajstić information content (AvgIpc) is 2.70. The molecule has 0 fully saturated rings. The molecule has 2 aromatic carbocycles. The number of fused-ring (bicyclic) bond motifs is 1. The fourth-order valence-corrected chi connectivity index (χ4v) is 3.63. The summed E-state index contributed by atoms with van der Waals surface area (Å²) in [6, 6.07) is 15.6. The minimum atomic E-state index is -0.269. The molecule has 142 valence electrons. The largest absolute Gasteiger partial charge is 0.352 e. The van der Waals surface area contributed by atoms with Crippen molar-refractivity contribution in [2.75, 3.05) is 16.8 Å². The van der Waals surface area contributed by atoms with Crippen LogP contribution < -0.4 is 10.2 Å². The molecule has 0 radical (unpaired) electrons. The van der Waals surface area contributed by atoms with Gasteiger partial charge in [0.2, 0.25) is 0 Å². The van der Waals surface area contributed by atoms with Crippen molar-refractivity contribution in [2.45, 2.75) is 26.8 Å². The number of carbonyl (C=O) groups excluding carboxylic acids is 1. The van der Waals surface area contributed by atoms with E-state index in [9.17, 15) is 4.79 Å². The summed E-state index contributed by atoms with van der Waals surface area (Å²) in [5.74, 6) is 1.08. The molecule has 0 atom stereocenters. The van der Waals surface area contributed by atoms with E-state index in [0.717, 1.165) is 30.9 Å². The molecule has 0 aliphatic carbocycles. The van der Waals surface area contributed by atoms with Crippen molar-refractivity contribution >= 4 is 29.0 Å². The Morgan fingerprint density at radius 2 is 1.86 bits per heavy atom. The topological polar surface area (TPSA) is 58.1 Å². The number of halogens is 1. The van der Waals surface area contributed by atoms with Gasteiger partial charge in [-0.1, -0.05) is 41.9 Å². The average molecular weight is 393 g/mol. The van der Waals surface area contributed by atoms with E-state index in [1.807, 2.05) is 26.0 Å². The Bertz CT molecular complexity index is 1050. The lowest BCUT2D eigenvalue weighted by atomic mass is 10.00. The molecule has 0 bridgehead atoms. The molecule has 0 unspecified atom stereocenters. The Labute approximate surface area is 169 Å². The van der Waals surface area contributed by atoms with Crippen LogP contribution in [0.4, 0.5) is 11.5 Å². The number of aryl methyl sites for hydroxylation is 1. The van der Waals surface area contributed by atoms with Gasteiger partial charge in [-0.2, -0.15) is 0 Å². The number of rotatable bonds is 3. The molecule has 28 heavy (non-hydrogen) atoms. The Kier molecular flexibility index (Phi) is 5.01. The highest BCUT2D eigenvalue weighted by Crippen LogP contribution is 2.25. The highest BCUT2D eigenvalue weighted by Gasteiger charge is 2.20. The van der Waals surface area contributed by atoms with Crippen LogP contribution in [-0.2, 0) is 13.0 Å². The second-order valence-corrected chi connectivity index (χ2v) is 7.37. The summed E-state index contributed by atoms with van der Waals surface area (Å²) >= 11 is 6.15. The first kappa shape index (κ1) is 18.4. The van der Waals surface area contributed by atoms with Gasteiger partial charge in [0.25, 0.3) is 5.91 Å². The molecule has 0 saturated carbocycles. The number of anilines is 2. The predicted molar refractivity (Wildman–Crippen MR) is 112 cm³/mol. The molecule has 2 heterocycles. The van der Waals surface area contributed by atoms with E-state index in [1.54, 1.807) is 12.1 Å². The van der Waals surface area contributed by atoms with Crippen molar-refractivity contribution in [1.82, 2.24) is 9.97 Å². The molecule has 1 aliphatic heterocycles. The van der Waals surface area contributed by atoms with E-state index >= 15 is 0 Å². The summed E-state index contributed by atoms with van der Waals surface area (Å²) in [4.78, 5) is 23.9. The number of benzene rings is 2. The van der Waals surface area contributed by atoms with Crippen LogP contribution in [0.1, 0.15) is 33.0 Å². The third-order valence-corrected chi connectivity index (χ3v) is 5.44. The van der Waals surface area contributed by atoms with Gasteiger partial charge >= 0.3 is 0 Å². The molecule has 0 saturated heterocycles. The highest BCUT2D eigenvalue weighted by atomic mass is 35.5. The van der Waals surface area contributed by atoms with E-state index in [0.29, 0.717) is 22.2 Å². The maximum atomic E-state index is 12.8. The normalized spacial score (nSPS) is 13.2. The number of nitrogens with one attached hydrogen (secondary N) is 1. The second-order valence-electron chi connectivity index (χ2n) is 6.97. The van der Waals surface area contributed by atoms with E-state index in [4.69, 9.17) is 11.6 Å². The zero-order chi connectivity index (χ0) is 19.7. The van der Waals surface area contributed by atoms with Crippen LogP contribution in [0.5, 0.6) is 0 Å². The fraction of sp³-hybridized carbons (Fsp3) is 0.227. The fourth-order valence-electron chi connectivity index (χ4n) is 3.45. The van der Waals surface area contributed by atoms with Crippen LogP contribution in [0.25, 0.3) is 0 Å². The minimum Gasteiger partial charge on any atom is -0.352 e. The standard InChI is InChI=1S/C22H21ClN4O/c1-14-18(23)8-5-9-19(14)26-22(28)20-12-21(25-15(2)24-20)27-11-10-16-6-3-4-7-17(16)13-27/h3-9,12H,10-11,13H2,1-2H3,(H,26,28). The van der Waals surface area contributed by atoms with Gasteiger partial charge in [-0.25, -0.2) is 9.97 Å². The van der Waals surface area contributed by atoms with Crippen molar-refractivity contribution in [3.05, 3.63) is 81.8 Å². The molecule has 1 amide bonds. The van der Waals surface area contributed by atoms with Crippen molar-refractivity contribution < 1.29 is 4.79 Å². The number of hydrogen-bond acceptors (Lipinski definition) is 4. The summed E-state index contributed by atoms with van der Waals surface area (Å²) in [5, 5.41) is 3.52. The Morgan fingerprint density at radius 1 is 1.07 bits per heavy atom. The second kappa shape index (κ2) is 7.60. The Morgan fingerprint density at radius 3 is 2.68 bits per heavy atom. The zero-order valence-corrected chi connectivity index (χ0v) is 16.6. The summed E-state index contributed by atoms with van der Waals surface area (Å²) < 4.78 is 0. The molecule has 0 spiro atoms. The smallest absolute Gasteiger partial charge is 0.274 e. The first-order valence-electron chi connectivity index (χ1n) is 9.25. The van der Waals surface area contributed by atoms with Gasteiger partial charge in [0.15, 0.2) is 0 Å². The molecular weight excluding hydrogens is 372 g/mol. The van der Waals surface area contributed by atoms with E-state index in [1.165, 1.54) is 11.1 Å². The Balaban J connectivity index is 1.59. The first-order valence-corrected chi connectivity index (χ1v) is 9.63. The van der Waals surface area contributed by atoms with Crippen LogP contribution in [0, 0.1) is 13.8 Å². The number of nitrogens with zero attached hydrogens (tertiary/aromatic N) is 3. The molecule has 5 nitrogen and oxygen atoms in total. The number of hydrogen-bond donors (Lipinski definition) is 1. The highest BCUT2D eigenvalue weighted by molar-refractivity contribution is 6.31. The van der Waals surface area contributed by atoms with Gasteiger partial charge in [-0.05, 0) is 49.1 Å². The molecule has 6 heteroatoms. The number of carbonyl (C=O) groups is 1. The molecule has 1 aliphatic rings. The molecule has 1 N–H and O–H groups in total. The van der Waals surface area contributed by atoms with Gasteiger partial charge in [0, 0.05) is 29.9 Å². The van der Waals surface area contributed by atoms with E-state index in [2.05, 4.69) is 44.5 Å². The van der Waals surface area contributed by atoms with Gasteiger partial charge in [0.05, 0.1) is 0 Å².